The Bertz CT molecular complexity index is 122. The van der Waals surface area contributed by atoms with Crippen LogP contribution in [0.4, 0.5) is 0 Å². The summed E-state index contributed by atoms with van der Waals surface area (Å²) in [5.74, 6) is 0.624. The maximum Gasteiger partial charge on any atom is 0.0464 e. The molecule has 0 amide bonds. The summed E-state index contributed by atoms with van der Waals surface area (Å²) in [6.07, 6.45) is 6.59. The Morgan fingerprint density at radius 3 is 2.64 bits per heavy atom. The summed E-state index contributed by atoms with van der Waals surface area (Å²) in [6.45, 7) is 4.95. The van der Waals surface area contributed by atoms with Crippen molar-refractivity contribution in [3.63, 3.8) is 0 Å². The van der Waals surface area contributed by atoms with Gasteiger partial charge >= 0.3 is 0 Å². The SMILES string of the molecule is CCCCCC1(C)CC1CO. The number of unbranched alkanes of at least 4 members (excludes halogenated alkanes) is 2. The van der Waals surface area contributed by atoms with Crippen LogP contribution in [-0.4, -0.2) is 11.7 Å². The molecule has 0 bridgehead atoms. The van der Waals surface area contributed by atoms with E-state index in [1.165, 1.54) is 32.1 Å². The average molecular weight is 156 g/mol. The Labute approximate surface area is 69.8 Å². The van der Waals surface area contributed by atoms with Crippen LogP contribution in [-0.2, 0) is 0 Å². The van der Waals surface area contributed by atoms with Crippen molar-refractivity contribution in [3.05, 3.63) is 0 Å². The molecule has 0 radical (unpaired) electrons. The molecule has 1 aliphatic carbocycles. The number of hydrogen-bond acceptors (Lipinski definition) is 1. The monoisotopic (exact) mass is 156 g/mol. The van der Waals surface area contributed by atoms with Gasteiger partial charge in [0.25, 0.3) is 0 Å². The highest BCUT2D eigenvalue weighted by Crippen LogP contribution is 2.55. The zero-order chi connectivity index (χ0) is 8.32. The fourth-order valence-corrected chi connectivity index (χ4v) is 1.87. The first-order valence-electron chi connectivity index (χ1n) is 4.84. The molecule has 0 aromatic heterocycles. The molecule has 1 N–H and O–H groups in total. The molecule has 0 aliphatic heterocycles. The van der Waals surface area contributed by atoms with Gasteiger partial charge < -0.3 is 5.11 Å². The van der Waals surface area contributed by atoms with Crippen molar-refractivity contribution < 1.29 is 5.11 Å². The van der Waals surface area contributed by atoms with E-state index in [0.717, 1.165) is 0 Å². The highest BCUT2D eigenvalue weighted by Gasteiger charge is 2.48. The molecular weight excluding hydrogens is 136 g/mol. The van der Waals surface area contributed by atoms with Crippen LogP contribution in [0.5, 0.6) is 0 Å². The lowest BCUT2D eigenvalue weighted by Crippen LogP contribution is -2.00. The van der Waals surface area contributed by atoms with Crippen LogP contribution in [0, 0.1) is 11.3 Å². The Kier molecular flexibility index (Phi) is 2.94. The van der Waals surface area contributed by atoms with E-state index in [-0.39, 0.29) is 0 Å². The third kappa shape index (κ3) is 2.19. The van der Waals surface area contributed by atoms with Crippen LogP contribution in [0.2, 0.25) is 0 Å². The number of rotatable bonds is 5. The normalized spacial score (nSPS) is 35.7. The highest BCUT2D eigenvalue weighted by atomic mass is 16.3. The number of aliphatic hydroxyl groups is 1. The molecule has 0 aromatic carbocycles. The van der Waals surface area contributed by atoms with E-state index in [2.05, 4.69) is 13.8 Å². The van der Waals surface area contributed by atoms with Gasteiger partial charge in [-0.15, -0.1) is 0 Å². The molecule has 1 rings (SSSR count). The maximum absolute atomic E-state index is 8.90. The van der Waals surface area contributed by atoms with Gasteiger partial charge in [0, 0.05) is 6.61 Å². The molecule has 1 aliphatic rings. The molecule has 0 heterocycles. The molecule has 66 valence electrons. The van der Waals surface area contributed by atoms with Crippen molar-refractivity contribution in [1.29, 1.82) is 0 Å². The van der Waals surface area contributed by atoms with Gasteiger partial charge in [0.2, 0.25) is 0 Å². The van der Waals surface area contributed by atoms with Gasteiger partial charge in [0.05, 0.1) is 0 Å². The first-order chi connectivity index (χ1) is 5.23. The van der Waals surface area contributed by atoms with Crippen LogP contribution >= 0.6 is 0 Å². The third-order valence-electron chi connectivity index (χ3n) is 3.11. The molecule has 11 heavy (non-hydrogen) atoms. The summed E-state index contributed by atoms with van der Waals surface area (Å²) in [5.41, 5.74) is 0.518. The molecule has 0 saturated heterocycles. The van der Waals surface area contributed by atoms with Crippen LogP contribution in [0.1, 0.15) is 46.0 Å². The van der Waals surface area contributed by atoms with Gasteiger partial charge in [-0.05, 0) is 24.2 Å². The molecule has 0 aromatic rings. The third-order valence-corrected chi connectivity index (χ3v) is 3.11. The van der Waals surface area contributed by atoms with Gasteiger partial charge in [-0.1, -0.05) is 33.1 Å². The van der Waals surface area contributed by atoms with E-state index < -0.39 is 0 Å². The van der Waals surface area contributed by atoms with E-state index in [1.807, 2.05) is 0 Å². The number of hydrogen-bond donors (Lipinski definition) is 1. The van der Waals surface area contributed by atoms with Crippen LogP contribution in [0.25, 0.3) is 0 Å². The topological polar surface area (TPSA) is 20.2 Å². The quantitative estimate of drug-likeness (QED) is 0.607. The predicted molar refractivity (Wildman–Crippen MR) is 47.4 cm³/mol. The summed E-state index contributed by atoms with van der Waals surface area (Å²) in [7, 11) is 0. The summed E-state index contributed by atoms with van der Waals surface area (Å²) < 4.78 is 0. The van der Waals surface area contributed by atoms with E-state index >= 15 is 0 Å². The maximum atomic E-state index is 8.90. The molecule has 2 unspecified atom stereocenters. The fraction of sp³-hybridized carbons (Fsp3) is 1.00. The fourth-order valence-electron chi connectivity index (χ4n) is 1.87. The van der Waals surface area contributed by atoms with Crippen molar-refractivity contribution >= 4 is 0 Å². The number of aliphatic hydroxyl groups excluding tert-OH is 1. The zero-order valence-corrected chi connectivity index (χ0v) is 7.77. The smallest absolute Gasteiger partial charge is 0.0464 e. The Hall–Kier alpha value is -0.0400. The van der Waals surface area contributed by atoms with E-state index in [9.17, 15) is 0 Å². The molecular formula is C10H20O. The van der Waals surface area contributed by atoms with Gasteiger partial charge in [0.1, 0.15) is 0 Å². The van der Waals surface area contributed by atoms with E-state index in [0.29, 0.717) is 17.9 Å². The van der Waals surface area contributed by atoms with Crippen molar-refractivity contribution in [2.24, 2.45) is 11.3 Å². The molecule has 2 atom stereocenters. The van der Waals surface area contributed by atoms with Crippen molar-refractivity contribution in [2.45, 2.75) is 46.0 Å². The zero-order valence-electron chi connectivity index (χ0n) is 7.77. The minimum Gasteiger partial charge on any atom is -0.396 e. The van der Waals surface area contributed by atoms with Gasteiger partial charge in [-0.2, -0.15) is 0 Å². The lowest BCUT2D eigenvalue weighted by Gasteiger charge is -2.08. The van der Waals surface area contributed by atoms with E-state index in [1.54, 1.807) is 0 Å². The summed E-state index contributed by atoms with van der Waals surface area (Å²) >= 11 is 0. The minimum absolute atomic E-state index is 0.405. The standard InChI is InChI=1S/C10H20O/c1-3-4-5-6-10(2)7-9(10)8-11/h9,11H,3-8H2,1-2H3. The van der Waals surface area contributed by atoms with Gasteiger partial charge in [0.15, 0.2) is 0 Å². The second kappa shape index (κ2) is 3.57. The van der Waals surface area contributed by atoms with E-state index in [4.69, 9.17) is 5.11 Å². The summed E-state index contributed by atoms with van der Waals surface area (Å²) in [6, 6.07) is 0. The first-order valence-corrected chi connectivity index (χ1v) is 4.84. The average Bonchev–Trinajstić information content (AvgIpc) is 2.63. The first kappa shape index (κ1) is 9.05. The summed E-state index contributed by atoms with van der Waals surface area (Å²) in [4.78, 5) is 0. The molecule has 1 fully saturated rings. The molecule has 1 heteroatoms. The molecule has 1 saturated carbocycles. The molecule has 0 spiro atoms. The van der Waals surface area contributed by atoms with Crippen LogP contribution < -0.4 is 0 Å². The lowest BCUT2D eigenvalue weighted by molar-refractivity contribution is 0.248. The van der Waals surface area contributed by atoms with Gasteiger partial charge in [-0.3, -0.25) is 0 Å². The van der Waals surface area contributed by atoms with Gasteiger partial charge in [-0.25, -0.2) is 0 Å². The molecule has 1 nitrogen and oxygen atoms in total. The van der Waals surface area contributed by atoms with Crippen LogP contribution in [0.15, 0.2) is 0 Å². The Balaban J connectivity index is 2.08. The summed E-state index contributed by atoms with van der Waals surface area (Å²) in [5, 5.41) is 8.90. The second-order valence-electron chi connectivity index (χ2n) is 4.19. The second-order valence-corrected chi connectivity index (χ2v) is 4.19. The van der Waals surface area contributed by atoms with Crippen molar-refractivity contribution in [1.82, 2.24) is 0 Å². The Morgan fingerprint density at radius 2 is 2.18 bits per heavy atom. The Morgan fingerprint density at radius 1 is 1.45 bits per heavy atom. The predicted octanol–water partition coefficient (Wildman–Crippen LogP) is 2.59. The van der Waals surface area contributed by atoms with Crippen molar-refractivity contribution in [2.75, 3.05) is 6.61 Å². The highest BCUT2D eigenvalue weighted by molar-refractivity contribution is 4.97. The van der Waals surface area contributed by atoms with Crippen LogP contribution in [0.3, 0.4) is 0 Å². The largest absolute Gasteiger partial charge is 0.396 e. The van der Waals surface area contributed by atoms with Crippen molar-refractivity contribution in [3.8, 4) is 0 Å². The lowest BCUT2D eigenvalue weighted by atomic mass is 9.98. The minimum atomic E-state index is 0.405.